The van der Waals surface area contributed by atoms with Gasteiger partial charge in [0.05, 0.1) is 0 Å². The number of nitrogens with zero attached hydrogens (tertiary/aromatic N) is 4. The van der Waals surface area contributed by atoms with Crippen molar-refractivity contribution in [2.75, 3.05) is 0 Å². The quantitative estimate of drug-likeness (QED) is 0.505. The summed E-state index contributed by atoms with van der Waals surface area (Å²) >= 11 is 0. The summed E-state index contributed by atoms with van der Waals surface area (Å²) in [6, 6.07) is 0. The van der Waals surface area contributed by atoms with E-state index in [2.05, 4.69) is 9.97 Å². The second kappa shape index (κ2) is 1.91. The highest BCUT2D eigenvalue weighted by molar-refractivity contribution is 5.24. The Hall–Kier alpha value is -1.65. The Labute approximate surface area is 61.9 Å². The van der Waals surface area contributed by atoms with Crippen molar-refractivity contribution in [2.45, 2.75) is 0 Å². The van der Waals surface area contributed by atoms with Crippen molar-refractivity contribution < 1.29 is 0 Å². The van der Waals surface area contributed by atoms with Crippen LogP contribution >= 0.6 is 0 Å². The van der Waals surface area contributed by atoms with Crippen LogP contribution in [0.15, 0.2) is 23.5 Å². The van der Waals surface area contributed by atoms with E-state index in [1.54, 1.807) is 19.4 Å². The maximum atomic E-state index is 11.2. The lowest BCUT2D eigenvalue weighted by molar-refractivity contribution is 0.756. The average Bonchev–Trinajstić information content (AvgIpc) is 2.45. The molecule has 11 heavy (non-hydrogen) atoms. The SMILES string of the molecule is Cn1cnc2nccn2c1=O. The van der Waals surface area contributed by atoms with Crippen molar-refractivity contribution >= 4 is 5.78 Å². The van der Waals surface area contributed by atoms with E-state index in [4.69, 9.17) is 0 Å². The number of aryl methyl sites for hydroxylation is 1. The third kappa shape index (κ3) is 0.739. The van der Waals surface area contributed by atoms with Crippen LogP contribution in [0.4, 0.5) is 0 Å². The van der Waals surface area contributed by atoms with Gasteiger partial charge in [-0.3, -0.25) is 4.57 Å². The van der Waals surface area contributed by atoms with E-state index in [0.29, 0.717) is 5.78 Å². The van der Waals surface area contributed by atoms with Crippen LogP contribution < -0.4 is 5.69 Å². The molecule has 0 N–H and O–H groups in total. The van der Waals surface area contributed by atoms with Gasteiger partial charge in [-0.25, -0.2) is 19.2 Å². The molecule has 0 aliphatic carbocycles. The normalized spacial score (nSPS) is 10.6. The predicted octanol–water partition coefficient (Wildman–Crippen LogP) is -0.572. The summed E-state index contributed by atoms with van der Waals surface area (Å²) < 4.78 is 2.79. The van der Waals surface area contributed by atoms with Crippen molar-refractivity contribution in [1.82, 2.24) is 18.9 Å². The molecule has 2 aromatic rings. The van der Waals surface area contributed by atoms with Crippen LogP contribution in [-0.2, 0) is 7.05 Å². The van der Waals surface area contributed by atoms with Gasteiger partial charge >= 0.3 is 5.69 Å². The maximum Gasteiger partial charge on any atom is 0.336 e. The highest BCUT2D eigenvalue weighted by Crippen LogP contribution is 1.87. The van der Waals surface area contributed by atoms with Gasteiger partial charge in [0.2, 0.25) is 5.78 Å². The Balaban J connectivity index is 3.05. The fourth-order valence-electron chi connectivity index (χ4n) is 0.898. The second-order valence-electron chi connectivity index (χ2n) is 2.24. The summed E-state index contributed by atoms with van der Waals surface area (Å²) in [6.07, 6.45) is 4.58. The number of rotatable bonds is 0. The average molecular weight is 150 g/mol. The van der Waals surface area contributed by atoms with Crippen LogP contribution in [0.5, 0.6) is 0 Å². The first kappa shape index (κ1) is 6.09. The Bertz CT molecular complexity index is 441. The molecule has 5 nitrogen and oxygen atoms in total. The van der Waals surface area contributed by atoms with E-state index in [1.165, 1.54) is 15.3 Å². The molecule has 0 saturated carbocycles. The van der Waals surface area contributed by atoms with Gasteiger partial charge in [0.25, 0.3) is 0 Å². The maximum absolute atomic E-state index is 11.2. The summed E-state index contributed by atoms with van der Waals surface area (Å²) in [6.45, 7) is 0. The monoisotopic (exact) mass is 150 g/mol. The third-order valence-corrected chi connectivity index (χ3v) is 1.48. The molecule has 0 aromatic carbocycles. The van der Waals surface area contributed by atoms with Crippen molar-refractivity contribution in [3.8, 4) is 0 Å². The molecule has 0 radical (unpaired) electrons. The minimum absolute atomic E-state index is 0.132. The first-order valence-corrected chi connectivity index (χ1v) is 3.14. The summed E-state index contributed by atoms with van der Waals surface area (Å²) in [5.74, 6) is 0.438. The van der Waals surface area contributed by atoms with Crippen molar-refractivity contribution in [3.63, 3.8) is 0 Å². The number of aromatic nitrogens is 4. The lowest BCUT2D eigenvalue weighted by Gasteiger charge is -1.94. The van der Waals surface area contributed by atoms with Crippen molar-refractivity contribution in [3.05, 3.63) is 29.2 Å². The lowest BCUT2D eigenvalue weighted by Crippen LogP contribution is -2.23. The molecule has 56 valence electrons. The molecule has 0 atom stereocenters. The molecule has 0 spiro atoms. The standard InChI is InChI=1S/C6H6N4O/c1-9-4-8-5-7-2-3-10(5)6(9)11/h2-4H,1H3. The number of fused-ring (bicyclic) bond motifs is 1. The van der Waals surface area contributed by atoms with Crippen LogP contribution in [-0.4, -0.2) is 18.9 Å². The molecule has 2 aromatic heterocycles. The van der Waals surface area contributed by atoms with Gasteiger partial charge < -0.3 is 0 Å². The predicted molar refractivity (Wildman–Crippen MR) is 38.2 cm³/mol. The molecule has 0 aliphatic heterocycles. The van der Waals surface area contributed by atoms with Gasteiger partial charge in [-0.05, 0) is 0 Å². The Morgan fingerprint density at radius 1 is 1.45 bits per heavy atom. The molecule has 0 aliphatic rings. The number of hydrogen-bond donors (Lipinski definition) is 0. The van der Waals surface area contributed by atoms with Crippen molar-refractivity contribution in [2.24, 2.45) is 7.05 Å². The Morgan fingerprint density at radius 3 is 3.09 bits per heavy atom. The number of hydrogen-bond acceptors (Lipinski definition) is 3. The van der Waals surface area contributed by atoms with Crippen LogP contribution in [0.3, 0.4) is 0 Å². The molecule has 0 saturated heterocycles. The lowest BCUT2D eigenvalue weighted by atomic mass is 10.8. The van der Waals surface area contributed by atoms with E-state index in [-0.39, 0.29) is 5.69 Å². The topological polar surface area (TPSA) is 52.2 Å². The molecule has 2 rings (SSSR count). The van der Waals surface area contributed by atoms with Gasteiger partial charge in [0.1, 0.15) is 6.33 Å². The Morgan fingerprint density at radius 2 is 2.27 bits per heavy atom. The van der Waals surface area contributed by atoms with E-state index < -0.39 is 0 Å². The van der Waals surface area contributed by atoms with E-state index >= 15 is 0 Å². The molecule has 0 fully saturated rings. The highest BCUT2D eigenvalue weighted by Gasteiger charge is 1.98. The van der Waals surface area contributed by atoms with E-state index in [1.807, 2.05) is 0 Å². The van der Waals surface area contributed by atoms with Crippen LogP contribution in [0, 0.1) is 0 Å². The fraction of sp³-hybridized carbons (Fsp3) is 0.167. The summed E-state index contributed by atoms with van der Waals surface area (Å²) in [5, 5.41) is 0. The molecular formula is C6H6N4O. The zero-order valence-electron chi connectivity index (χ0n) is 5.93. The summed E-state index contributed by atoms with van der Waals surface area (Å²) in [5.41, 5.74) is -0.132. The minimum Gasteiger partial charge on any atom is -0.287 e. The van der Waals surface area contributed by atoms with Gasteiger partial charge in [0, 0.05) is 19.4 Å². The van der Waals surface area contributed by atoms with Gasteiger partial charge in [0.15, 0.2) is 0 Å². The zero-order chi connectivity index (χ0) is 7.84. The summed E-state index contributed by atoms with van der Waals surface area (Å²) in [4.78, 5) is 19.0. The zero-order valence-corrected chi connectivity index (χ0v) is 5.93. The fourth-order valence-corrected chi connectivity index (χ4v) is 0.898. The Kier molecular flexibility index (Phi) is 1.06. The van der Waals surface area contributed by atoms with Gasteiger partial charge in [-0.1, -0.05) is 0 Å². The first-order chi connectivity index (χ1) is 5.29. The van der Waals surface area contributed by atoms with Crippen LogP contribution in [0.25, 0.3) is 5.78 Å². The van der Waals surface area contributed by atoms with Crippen LogP contribution in [0.2, 0.25) is 0 Å². The van der Waals surface area contributed by atoms with E-state index in [0.717, 1.165) is 0 Å². The molecule has 2 heterocycles. The highest BCUT2D eigenvalue weighted by atomic mass is 16.1. The molecule has 0 unspecified atom stereocenters. The largest absolute Gasteiger partial charge is 0.336 e. The van der Waals surface area contributed by atoms with Crippen molar-refractivity contribution in [1.29, 1.82) is 0 Å². The third-order valence-electron chi connectivity index (χ3n) is 1.48. The summed E-state index contributed by atoms with van der Waals surface area (Å²) in [7, 11) is 1.65. The minimum atomic E-state index is -0.132. The molecule has 0 amide bonds. The first-order valence-electron chi connectivity index (χ1n) is 3.14. The number of imidazole rings is 1. The molecular weight excluding hydrogens is 144 g/mol. The van der Waals surface area contributed by atoms with Crippen LogP contribution in [0.1, 0.15) is 0 Å². The van der Waals surface area contributed by atoms with Gasteiger partial charge in [-0.2, -0.15) is 0 Å². The smallest absolute Gasteiger partial charge is 0.287 e. The van der Waals surface area contributed by atoms with Gasteiger partial charge in [-0.15, -0.1) is 0 Å². The molecule has 5 heteroatoms. The molecule has 0 bridgehead atoms. The second-order valence-corrected chi connectivity index (χ2v) is 2.24. The van der Waals surface area contributed by atoms with E-state index in [9.17, 15) is 4.79 Å².